The molecule has 2 rings (SSSR count). The van der Waals surface area contributed by atoms with E-state index in [1.54, 1.807) is 7.05 Å². The molecule has 0 aliphatic carbocycles. The number of carbonyl (C=O) groups is 2. The van der Waals surface area contributed by atoms with Crippen LogP contribution in [0.4, 0.5) is 23.7 Å². The zero-order valence-electron chi connectivity index (χ0n) is 15.1. The first-order valence-corrected chi connectivity index (χ1v) is 8.10. The van der Waals surface area contributed by atoms with E-state index in [1.165, 1.54) is 21.9 Å². The molecule has 0 aromatic heterocycles. The second kappa shape index (κ2) is 7.05. The molecule has 1 N–H and O–H groups in total. The molecular formula is C17H22F3N3O3. The fourth-order valence-corrected chi connectivity index (χ4v) is 2.45. The van der Waals surface area contributed by atoms with Crippen molar-refractivity contribution in [3.8, 4) is 5.75 Å². The van der Waals surface area contributed by atoms with Gasteiger partial charge in [-0.15, -0.1) is 13.2 Å². The van der Waals surface area contributed by atoms with Crippen molar-refractivity contribution in [1.82, 2.24) is 10.2 Å². The summed E-state index contributed by atoms with van der Waals surface area (Å²) in [6.07, 6.45) is -4.34. The number of urea groups is 1. The Labute approximate surface area is 149 Å². The molecule has 1 atom stereocenters. The predicted octanol–water partition coefficient (Wildman–Crippen LogP) is 3.13. The molecule has 26 heavy (non-hydrogen) atoms. The summed E-state index contributed by atoms with van der Waals surface area (Å²) >= 11 is 0. The van der Waals surface area contributed by atoms with Crippen molar-refractivity contribution < 1.29 is 27.5 Å². The number of rotatable bonds is 3. The third-order valence-corrected chi connectivity index (χ3v) is 4.20. The van der Waals surface area contributed by atoms with E-state index < -0.39 is 12.4 Å². The maximum Gasteiger partial charge on any atom is 0.573 e. The quantitative estimate of drug-likeness (QED) is 0.886. The Bertz CT molecular complexity index is 669. The van der Waals surface area contributed by atoms with Crippen LogP contribution in [0.1, 0.15) is 27.2 Å². The van der Waals surface area contributed by atoms with Crippen LogP contribution in [0.2, 0.25) is 0 Å². The number of benzene rings is 1. The minimum absolute atomic E-state index is 0.301. The van der Waals surface area contributed by atoms with E-state index >= 15 is 0 Å². The molecule has 1 saturated heterocycles. The topological polar surface area (TPSA) is 61.9 Å². The van der Waals surface area contributed by atoms with Crippen molar-refractivity contribution in [3.63, 3.8) is 0 Å². The highest BCUT2D eigenvalue weighted by molar-refractivity contribution is 6.01. The first-order valence-electron chi connectivity index (χ1n) is 8.10. The number of hydrogen-bond acceptors (Lipinski definition) is 3. The Morgan fingerprint density at radius 3 is 2.31 bits per heavy atom. The molecule has 144 valence electrons. The van der Waals surface area contributed by atoms with Crippen LogP contribution in [-0.2, 0) is 4.79 Å². The summed E-state index contributed by atoms with van der Waals surface area (Å²) in [5.74, 6) is -0.658. The normalized spacial score (nSPS) is 18.0. The number of alkyl halides is 3. The van der Waals surface area contributed by atoms with Crippen LogP contribution in [0.5, 0.6) is 5.75 Å². The van der Waals surface area contributed by atoms with Crippen molar-refractivity contribution in [1.29, 1.82) is 0 Å². The fourth-order valence-electron chi connectivity index (χ4n) is 2.45. The van der Waals surface area contributed by atoms with Crippen LogP contribution in [0.3, 0.4) is 0 Å². The highest BCUT2D eigenvalue weighted by atomic mass is 19.4. The summed E-state index contributed by atoms with van der Waals surface area (Å²) in [6.45, 7) is 5.99. The molecule has 9 heteroatoms. The maximum absolute atomic E-state index is 12.5. The Hall–Kier alpha value is -2.45. The van der Waals surface area contributed by atoms with Gasteiger partial charge in [0.1, 0.15) is 11.8 Å². The predicted molar refractivity (Wildman–Crippen MR) is 89.9 cm³/mol. The van der Waals surface area contributed by atoms with Gasteiger partial charge in [-0.3, -0.25) is 4.79 Å². The number of amides is 3. The largest absolute Gasteiger partial charge is 0.573 e. The minimum atomic E-state index is -4.76. The lowest BCUT2D eigenvalue weighted by Crippen LogP contribution is -2.52. The van der Waals surface area contributed by atoms with E-state index in [-0.39, 0.29) is 23.2 Å². The smallest absolute Gasteiger partial charge is 0.406 e. The molecule has 1 heterocycles. The molecule has 1 fully saturated rings. The maximum atomic E-state index is 12.5. The van der Waals surface area contributed by atoms with Crippen molar-refractivity contribution in [2.75, 3.05) is 18.5 Å². The first-order chi connectivity index (χ1) is 11.9. The number of nitrogens with one attached hydrogen (secondary N) is 1. The van der Waals surface area contributed by atoms with Crippen molar-refractivity contribution in [3.05, 3.63) is 24.3 Å². The Balaban J connectivity index is 2.01. The fraction of sp³-hybridized carbons (Fsp3) is 0.529. The summed E-state index contributed by atoms with van der Waals surface area (Å²) in [5, 5.41) is 2.70. The van der Waals surface area contributed by atoms with Crippen LogP contribution in [-0.4, -0.2) is 48.4 Å². The standard InChI is InChI=1S/C17H22F3N3O3/c1-16(2,3)22(4)15(25)21-13-9-10-23(14(13)24)11-5-7-12(8-6-11)26-17(18,19)20/h5-8,13H,9-10H2,1-4H3,(H,21,25). The van der Waals surface area contributed by atoms with E-state index in [4.69, 9.17) is 0 Å². The molecule has 1 aromatic carbocycles. The average molecular weight is 373 g/mol. The molecule has 1 unspecified atom stereocenters. The number of nitrogens with zero attached hydrogens (tertiary/aromatic N) is 2. The van der Waals surface area contributed by atoms with E-state index in [1.807, 2.05) is 20.8 Å². The molecule has 1 aromatic rings. The van der Waals surface area contributed by atoms with E-state index in [2.05, 4.69) is 10.1 Å². The zero-order chi connectivity index (χ0) is 19.7. The van der Waals surface area contributed by atoms with Crippen molar-refractivity contribution >= 4 is 17.6 Å². The van der Waals surface area contributed by atoms with Gasteiger partial charge in [-0.25, -0.2) is 4.79 Å². The van der Waals surface area contributed by atoms with Crippen molar-refractivity contribution in [2.24, 2.45) is 0 Å². The Morgan fingerprint density at radius 2 is 1.81 bits per heavy atom. The molecule has 0 spiro atoms. The first kappa shape index (κ1) is 19.9. The monoisotopic (exact) mass is 373 g/mol. The second-order valence-electron chi connectivity index (χ2n) is 7.05. The van der Waals surface area contributed by atoms with Crippen LogP contribution in [0, 0.1) is 0 Å². The van der Waals surface area contributed by atoms with Gasteiger partial charge in [0.2, 0.25) is 5.91 Å². The molecule has 0 bridgehead atoms. The highest BCUT2D eigenvalue weighted by Gasteiger charge is 2.36. The van der Waals surface area contributed by atoms with E-state index in [0.717, 1.165) is 12.1 Å². The summed E-state index contributed by atoms with van der Waals surface area (Å²) in [4.78, 5) is 27.7. The number of hydrogen-bond donors (Lipinski definition) is 1. The van der Waals surface area contributed by atoms with Gasteiger partial charge in [-0.1, -0.05) is 0 Å². The van der Waals surface area contributed by atoms with Crippen molar-refractivity contribution in [2.45, 2.75) is 45.1 Å². The molecule has 1 aliphatic rings. The Morgan fingerprint density at radius 1 is 1.23 bits per heavy atom. The van der Waals surface area contributed by atoms with E-state index in [0.29, 0.717) is 18.7 Å². The molecular weight excluding hydrogens is 351 g/mol. The van der Waals surface area contributed by atoms with Gasteiger partial charge >= 0.3 is 12.4 Å². The van der Waals surface area contributed by atoms with Crippen LogP contribution in [0.25, 0.3) is 0 Å². The lowest BCUT2D eigenvalue weighted by molar-refractivity contribution is -0.274. The number of anilines is 1. The van der Waals surface area contributed by atoms with Crippen LogP contribution >= 0.6 is 0 Å². The van der Waals surface area contributed by atoms with Gasteiger partial charge in [0.25, 0.3) is 0 Å². The molecule has 1 aliphatic heterocycles. The highest BCUT2D eigenvalue weighted by Crippen LogP contribution is 2.27. The third-order valence-electron chi connectivity index (χ3n) is 4.20. The van der Waals surface area contributed by atoms with Gasteiger partial charge in [0, 0.05) is 24.8 Å². The van der Waals surface area contributed by atoms with Gasteiger partial charge in [-0.2, -0.15) is 0 Å². The number of carbonyl (C=O) groups excluding carboxylic acids is 2. The van der Waals surface area contributed by atoms with Gasteiger partial charge < -0.3 is 19.9 Å². The minimum Gasteiger partial charge on any atom is -0.406 e. The van der Waals surface area contributed by atoms with Gasteiger partial charge in [-0.05, 0) is 51.5 Å². The summed E-state index contributed by atoms with van der Waals surface area (Å²) in [6, 6.07) is 4.03. The van der Waals surface area contributed by atoms with E-state index in [9.17, 15) is 22.8 Å². The Kier molecular flexibility index (Phi) is 5.39. The number of ether oxygens (including phenoxy) is 1. The molecule has 0 radical (unpaired) electrons. The lowest BCUT2D eigenvalue weighted by atomic mass is 10.1. The number of halogens is 3. The van der Waals surface area contributed by atoms with Gasteiger partial charge in [0.05, 0.1) is 0 Å². The summed E-state index contributed by atoms with van der Waals surface area (Å²) in [7, 11) is 1.64. The van der Waals surface area contributed by atoms with Crippen LogP contribution in [0.15, 0.2) is 24.3 Å². The second-order valence-corrected chi connectivity index (χ2v) is 7.05. The van der Waals surface area contributed by atoms with Crippen LogP contribution < -0.4 is 15.0 Å². The molecule has 6 nitrogen and oxygen atoms in total. The average Bonchev–Trinajstić information content (AvgIpc) is 2.86. The summed E-state index contributed by atoms with van der Waals surface area (Å²) in [5.41, 5.74) is 0.0603. The third kappa shape index (κ3) is 4.80. The lowest BCUT2D eigenvalue weighted by Gasteiger charge is -2.32. The van der Waals surface area contributed by atoms with Gasteiger partial charge in [0.15, 0.2) is 0 Å². The molecule has 3 amide bonds. The SMILES string of the molecule is CN(C(=O)NC1CCN(c2ccc(OC(F)(F)F)cc2)C1=O)C(C)(C)C. The summed E-state index contributed by atoms with van der Waals surface area (Å²) < 4.78 is 40.4. The zero-order valence-corrected chi connectivity index (χ0v) is 15.1. The molecule has 0 saturated carbocycles.